The Bertz CT molecular complexity index is 455. The first-order valence-corrected chi connectivity index (χ1v) is 5.10. The van der Waals surface area contributed by atoms with E-state index in [1.165, 1.54) is 12.1 Å². The molecule has 0 bridgehead atoms. The molecule has 84 valence electrons. The van der Waals surface area contributed by atoms with Crippen LogP contribution < -0.4 is 0 Å². The van der Waals surface area contributed by atoms with E-state index in [2.05, 4.69) is 4.98 Å². The maximum absolute atomic E-state index is 12.7. The molecule has 0 saturated heterocycles. The molecule has 1 N–H and O–H groups in total. The molecule has 1 heterocycles. The summed E-state index contributed by atoms with van der Waals surface area (Å²) in [7, 11) is 0. The minimum Gasteiger partial charge on any atom is -0.441 e. The maximum Gasteiger partial charge on any atom is 0.226 e. The van der Waals surface area contributed by atoms with E-state index in [0.29, 0.717) is 29.3 Å². The van der Waals surface area contributed by atoms with Gasteiger partial charge in [0, 0.05) is 12.0 Å². The van der Waals surface area contributed by atoms with E-state index >= 15 is 0 Å². The van der Waals surface area contributed by atoms with E-state index in [1.54, 1.807) is 12.1 Å². The Kier molecular flexibility index (Phi) is 3.01. The molecular formula is C12H12FNO2. The van der Waals surface area contributed by atoms with Crippen molar-refractivity contribution in [2.75, 3.05) is 0 Å². The van der Waals surface area contributed by atoms with E-state index in [0.717, 1.165) is 0 Å². The van der Waals surface area contributed by atoms with Gasteiger partial charge in [0.25, 0.3) is 0 Å². The van der Waals surface area contributed by atoms with Crippen molar-refractivity contribution in [1.29, 1.82) is 0 Å². The van der Waals surface area contributed by atoms with Gasteiger partial charge in [0.05, 0.1) is 6.61 Å². The lowest BCUT2D eigenvalue weighted by Gasteiger charge is -1.94. The highest BCUT2D eigenvalue weighted by atomic mass is 19.1. The van der Waals surface area contributed by atoms with Crippen molar-refractivity contribution in [3.8, 4) is 11.5 Å². The van der Waals surface area contributed by atoms with Gasteiger partial charge in [-0.1, -0.05) is 6.92 Å². The minimum absolute atomic E-state index is 0.145. The van der Waals surface area contributed by atoms with Crippen molar-refractivity contribution in [2.45, 2.75) is 20.0 Å². The van der Waals surface area contributed by atoms with Crippen molar-refractivity contribution in [3.63, 3.8) is 0 Å². The minimum atomic E-state index is -0.298. The topological polar surface area (TPSA) is 46.3 Å². The summed E-state index contributed by atoms with van der Waals surface area (Å²) >= 11 is 0. The number of rotatable bonds is 3. The number of aliphatic hydroxyl groups is 1. The lowest BCUT2D eigenvalue weighted by Crippen LogP contribution is -1.88. The van der Waals surface area contributed by atoms with Crippen LogP contribution in [0.1, 0.15) is 18.4 Å². The molecule has 0 radical (unpaired) electrons. The summed E-state index contributed by atoms with van der Waals surface area (Å²) in [5.41, 5.74) is 1.25. The molecule has 0 unspecified atom stereocenters. The van der Waals surface area contributed by atoms with E-state index < -0.39 is 0 Å². The molecule has 0 fully saturated rings. The van der Waals surface area contributed by atoms with E-state index in [-0.39, 0.29) is 12.4 Å². The van der Waals surface area contributed by atoms with Gasteiger partial charge in [0.2, 0.25) is 5.89 Å². The molecule has 1 aromatic heterocycles. The number of benzene rings is 1. The zero-order valence-electron chi connectivity index (χ0n) is 8.90. The Morgan fingerprint density at radius 1 is 1.31 bits per heavy atom. The van der Waals surface area contributed by atoms with Crippen LogP contribution in [0.15, 0.2) is 28.7 Å². The fourth-order valence-electron chi connectivity index (χ4n) is 1.50. The van der Waals surface area contributed by atoms with Crippen LogP contribution in [-0.2, 0) is 13.0 Å². The van der Waals surface area contributed by atoms with Crippen LogP contribution in [0, 0.1) is 5.82 Å². The molecule has 3 nitrogen and oxygen atoms in total. The van der Waals surface area contributed by atoms with E-state index in [9.17, 15) is 4.39 Å². The predicted molar refractivity (Wildman–Crippen MR) is 57.2 cm³/mol. The third-order valence-electron chi connectivity index (χ3n) is 2.34. The van der Waals surface area contributed by atoms with Crippen LogP contribution in [-0.4, -0.2) is 10.1 Å². The molecule has 0 aliphatic heterocycles. The quantitative estimate of drug-likeness (QED) is 0.866. The van der Waals surface area contributed by atoms with Crippen molar-refractivity contribution in [1.82, 2.24) is 4.98 Å². The third-order valence-corrected chi connectivity index (χ3v) is 2.34. The van der Waals surface area contributed by atoms with Crippen LogP contribution >= 0.6 is 0 Å². The molecule has 0 atom stereocenters. The average molecular weight is 221 g/mol. The largest absolute Gasteiger partial charge is 0.441 e. The van der Waals surface area contributed by atoms with Gasteiger partial charge in [-0.25, -0.2) is 9.37 Å². The number of aliphatic hydroxyl groups excluding tert-OH is 1. The third kappa shape index (κ3) is 1.97. The standard InChI is InChI=1S/C12H12FNO2/c1-2-11-10(7-15)14-12(16-11)8-3-5-9(13)6-4-8/h3-6,15H,2,7H2,1H3. The van der Waals surface area contributed by atoms with Gasteiger partial charge >= 0.3 is 0 Å². The number of oxazole rings is 1. The summed E-state index contributed by atoms with van der Waals surface area (Å²) < 4.78 is 18.2. The Labute approximate surface area is 92.6 Å². The Balaban J connectivity index is 2.40. The summed E-state index contributed by atoms with van der Waals surface area (Å²) in [6, 6.07) is 5.90. The molecule has 4 heteroatoms. The van der Waals surface area contributed by atoms with Gasteiger partial charge in [0.15, 0.2) is 0 Å². The van der Waals surface area contributed by atoms with Gasteiger partial charge in [-0.15, -0.1) is 0 Å². The molecule has 0 aliphatic carbocycles. The summed E-state index contributed by atoms with van der Waals surface area (Å²) in [5.74, 6) is 0.788. The average Bonchev–Trinajstić information content (AvgIpc) is 2.73. The van der Waals surface area contributed by atoms with Crippen LogP contribution in [0.2, 0.25) is 0 Å². The maximum atomic E-state index is 12.7. The van der Waals surface area contributed by atoms with Crippen molar-refractivity contribution >= 4 is 0 Å². The zero-order chi connectivity index (χ0) is 11.5. The van der Waals surface area contributed by atoms with E-state index in [4.69, 9.17) is 9.52 Å². The molecule has 2 aromatic rings. The number of nitrogens with zero attached hydrogens (tertiary/aromatic N) is 1. The molecule has 16 heavy (non-hydrogen) atoms. The highest BCUT2D eigenvalue weighted by Crippen LogP contribution is 2.22. The summed E-state index contributed by atoms with van der Waals surface area (Å²) in [6.07, 6.45) is 0.671. The van der Waals surface area contributed by atoms with Crippen LogP contribution in [0.3, 0.4) is 0 Å². The first-order valence-electron chi connectivity index (χ1n) is 5.10. The van der Waals surface area contributed by atoms with Gasteiger partial charge in [-0.3, -0.25) is 0 Å². The van der Waals surface area contributed by atoms with Crippen molar-refractivity contribution in [2.24, 2.45) is 0 Å². The van der Waals surface area contributed by atoms with Crippen LogP contribution in [0.25, 0.3) is 11.5 Å². The summed E-state index contributed by atoms with van der Waals surface area (Å²) in [6.45, 7) is 1.78. The highest BCUT2D eigenvalue weighted by molar-refractivity contribution is 5.53. The number of aryl methyl sites for hydroxylation is 1. The fraction of sp³-hybridized carbons (Fsp3) is 0.250. The lowest BCUT2D eigenvalue weighted by molar-refractivity contribution is 0.274. The number of hydrogen-bond donors (Lipinski definition) is 1. The highest BCUT2D eigenvalue weighted by Gasteiger charge is 2.12. The van der Waals surface area contributed by atoms with Crippen molar-refractivity contribution in [3.05, 3.63) is 41.5 Å². The van der Waals surface area contributed by atoms with Crippen LogP contribution in [0.4, 0.5) is 4.39 Å². The molecule has 0 saturated carbocycles. The number of hydrogen-bond acceptors (Lipinski definition) is 3. The predicted octanol–water partition coefficient (Wildman–Crippen LogP) is 2.54. The Hall–Kier alpha value is -1.68. The Morgan fingerprint density at radius 2 is 2.00 bits per heavy atom. The fourth-order valence-corrected chi connectivity index (χ4v) is 1.50. The lowest BCUT2D eigenvalue weighted by atomic mass is 10.2. The number of aromatic nitrogens is 1. The van der Waals surface area contributed by atoms with Gasteiger partial charge in [0.1, 0.15) is 17.3 Å². The van der Waals surface area contributed by atoms with Gasteiger partial charge in [-0.2, -0.15) is 0 Å². The second-order valence-electron chi connectivity index (χ2n) is 3.41. The smallest absolute Gasteiger partial charge is 0.226 e. The van der Waals surface area contributed by atoms with E-state index in [1.807, 2.05) is 6.92 Å². The van der Waals surface area contributed by atoms with Crippen molar-refractivity contribution < 1.29 is 13.9 Å². The SMILES string of the molecule is CCc1oc(-c2ccc(F)cc2)nc1CO. The second-order valence-corrected chi connectivity index (χ2v) is 3.41. The molecule has 2 rings (SSSR count). The zero-order valence-corrected chi connectivity index (χ0v) is 8.90. The van der Waals surface area contributed by atoms with Gasteiger partial charge < -0.3 is 9.52 Å². The Morgan fingerprint density at radius 3 is 2.50 bits per heavy atom. The first kappa shape index (κ1) is 10.8. The summed E-state index contributed by atoms with van der Waals surface area (Å²) in [5, 5.41) is 9.07. The monoisotopic (exact) mass is 221 g/mol. The number of halogens is 1. The first-order chi connectivity index (χ1) is 7.74. The summed E-state index contributed by atoms with van der Waals surface area (Å²) in [4.78, 5) is 4.16. The molecule has 1 aromatic carbocycles. The van der Waals surface area contributed by atoms with Gasteiger partial charge in [-0.05, 0) is 24.3 Å². The molecule has 0 aliphatic rings. The molecular weight excluding hydrogens is 209 g/mol. The molecule has 0 spiro atoms. The van der Waals surface area contributed by atoms with Crippen LogP contribution in [0.5, 0.6) is 0 Å². The second kappa shape index (κ2) is 4.45. The molecule has 0 amide bonds. The normalized spacial score (nSPS) is 10.7.